The van der Waals surface area contributed by atoms with Gasteiger partial charge in [0.15, 0.2) is 0 Å². The molecule has 0 aromatic heterocycles. The first-order chi connectivity index (χ1) is 11.0. The van der Waals surface area contributed by atoms with Gasteiger partial charge in [0.1, 0.15) is 11.8 Å². The molecule has 0 amide bonds. The van der Waals surface area contributed by atoms with E-state index in [1.165, 1.54) is 6.07 Å². The van der Waals surface area contributed by atoms with Gasteiger partial charge in [0.2, 0.25) is 0 Å². The molecule has 8 heteroatoms. The molecule has 1 heterocycles. The summed E-state index contributed by atoms with van der Waals surface area (Å²) in [5.74, 6) is 1.53. The molecule has 0 spiro atoms. The van der Waals surface area contributed by atoms with Gasteiger partial charge in [-0.1, -0.05) is 22.0 Å². The van der Waals surface area contributed by atoms with E-state index in [0.717, 1.165) is 17.9 Å². The van der Waals surface area contributed by atoms with E-state index in [2.05, 4.69) is 26.0 Å². The van der Waals surface area contributed by atoms with Gasteiger partial charge < -0.3 is 15.2 Å². The molecule has 2 unspecified atom stereocenters. The number of nitrogens with one attached hydrogen (secondary N) is 1. The molecule has 0 bridgehead atoms. The number of thioether (sulfide) groups is 1. The van der Waals surface area contributed by atoms with E-state index in [9.17, 15) is 18.7 Å². The molecule has 1 aromatic rings. The maximum absolute atomic E-state index is 12.5. The average Bonchev–Trinajstić information content (AvgIpc) is 2.97. The normalized spacial score (nSPS) is 19.0. The number of rotatable bonds is 8. The van der Waals surface area contributed by atoms with E-state index in [1.54, 1.807) is 12.1 Å². The largest absolute Gasteiger partial charge is 0.480 e. The number of aliphatic carboxylic acids is 1. The van der Waals surface area contributed by atoms with E-state index >= 15 is 0 Å². The molecule has 1 saturated heterocycles. The highest BCUT2D eigenvalue weighted by molar-refractivity contribution is 9.10. The van der Waals surface area contributed by atoms with E-state index in [0.29, 0.717) is 22.4 Å². The summed E-state index contributed by atoms with van der Waals surface area (Å²) in [4.78, 5) is 11.4. The Morgan fingerprint density at radius 1 is 1.52 bits per heavy atom. The second-order valence-electron chi connectivity index (χ2n) is 5.33. The van der Waals surface area contributed by atoms with Gasteiger partial charge in [0.05, 0.1) is 0 Å². The summed E-state index contributed by atoms with van der Waals surface area (Å²) in [5, 5.41) is 12.3. The quantitative estimate of drug-likeness (QED) is 0.684. The molecule has 4 nitrogen and oxygen atoms in total. The van der Waals surface area contributed by atoms with Gasteiger partial charge in [-0.05, 0) is 42.4 Å². The fraction of sp³-hybridized carbons (Fsp3) is 0.533. The number of hydrogen-bond donors (Lipinski definition) is 2. The molecule has 2 atom stereocenters. The fourth-order valence-corrected chi connectivity index (χ4v) is 4.31. The van der Waals surface area contributed by atoms with E-state index < -0.39 is 18.6 Å². The minimum Gasteiger partial charge on any atom is -0.480 e. The molecule has 2 rings (SSSR count). The van der Waals surface area contributed by atoms with Crippen LogP contribution in [0.1, 0.15) is 18.4 Å². The summed E-state index contributed by atoms with van der Waals surface area (Å²) in [7, 11) is 0. The Kier molecular flexibility index (Phi) is 7.10. The van der Waals surface area contributed by atoms with Crippen LogP contribution >= 0.6 is 27.7 Å². The SMILES string of the molecule is O=C(O)C(CC1CCSC1)NCc1c(Br)cccc1OC(F)F. The Hall–Kier alpha value is -0.860. The predicted molar refractivity (Wildman–Crippen MR) is 89.1 cm³/mol. The van der Waals surface area contributed by atoms with Crippen LogP contribution in [0.25, 0.3) is 0 Å². The lowest BCUT2D eigenvalue weighted by Crippen LogP contribution is -2.38. The van der Waals surface area contributed by atoms with Crippen LogP contribution in [-0.4, -0.2) is 35.2 Å². The van der Waals surface area contributed by atoms with Gasteiger partial charge >= 0.3 is 12.6 Å². The average molecular weight is 410 g/mol. The molecule has 1 aliphatic heterocycles. The van der Waals surface area contributed by atoms with Crippen LogP contribution in [0, 0.1) is 5.92 Å². The number of ether oxygens (including phenoxy) is 1. The fourth-order valence-electron chi connectivity index (χ4n) is 2.52. The maximum atomic E-state index is 12.5. The molecule has 2 N–H and O–H groups in total. The van der Waals surface area contributed by atoms with Crippen molar-refractivity contribution in [2.24, 2.45) is 5.92 Å². The third kappa shape index (κ3) is 5.61. The van der Waals surface area contributed by atoms with Crippen molar-refractivity contribution < 1.29 is 23.4 Å². The lowest BCUT2D eigenvalue weighted by Gasteiger charge is -2.19. The van der Waals surface area contributed by atoms with Crippen LogP contribution in [0.2, 0.25) is 0 Å². The Morgan fingerprint density at radius 2 is 2.30 bits per heavy atom. The minimum atomic E-state index is -2.92. The molecular formula is C15H18BrF2NO3S. The Labute approximate surface area is 146 Å². The smallest absolute Gasteiger partial charge is 0.387 e. The second-order valence-corrected chi connectivity index (χ2v) is 7.34. The summed E-state index contributed by atoms with van der Waals surface area (Å²) in [5.41, 5.74) is 0.486. The molecule has 0 saturated carbocycles. The zero-order chi connectivity index (χ0) is 16.8. The second kappa shape index (κ2) is 8.84. The van der Waals surface area contributed by atoms with E-state index in [1.807, 2.05) is 11.8 Å². The summed E-state index contributed by atoms with van der Waals surface area (Å²) < 4.78 is 30.0. The third-order valence-corrected chi connectivity index (χ3v) is 5.68. The number of carboxylic acids is 1. The lowest BCUT2D eigenvalue weighted by molar-refractivity contribution is -0.140. The number of halogens is 3. The number of hydrogen-bond acceptors (Lipinski definition) is 4. The van der Waals surface area contributed by atoms with Crippen LogP contribution < -0.4 is 10.1 Å². The van der Waals surface area contributed by atoms with Crippen LogP contribution in [0.5, 0.6) is 5.75 Å². The highest BCUT2D eigenvalue weighted by atomic mass is 79.9. The van der Waals surface area contributed by atoms with Gasteiger partial charge in [0, 0.05) is 16.6 Å². The molecule has 1 aliphatic rings. The first kappa shape index (κ1) is 18.5. The summed E-state index contributed by atoms with van der Waals surface area (Å²) >= 11 is 5.13. The summed E-state index contributed by atoms with van der Waals surface area (Å²) in [6.07, 6.45) is 1.56. The molecule has 1 aromatic carbocycles. The lowest BCUT2D eigenvalue weighted by atomic mass is 9.99. The van der Waals surface area contributed by atoms with E-state index in [4.69, 9.17) is 0 Å². The van der Waals surface area contributed by atoms with Crippen molar-refractivity contribution in [3.63, 3.8) is 0 Å². The first-order valence-electron chi connectivity index (χ1n) is 7.23. The van der Waals surface area contributed by atoms with E-state index in [-0.39, 0.29) is 12.3 Å². The van der Waals surface area contributed by atoms with Gasteiger partial charge in [-0.25, -0.2) is 0 Å². The van der Waals surface area contributed by atoms with Gasteiger partial charge in [-0.15, -0.1) is 0 Å². The van der Waals surface area contributed by atoms with Crippen LogP contribution in [0.15, 0.2) is 22.7 Å². The Balaban J connectivity index is 2.03. The minimum absolute atomic E-state index is 0.0439. The van der Waals surface area contributed by atoms with Gasteiger partial charge in [-0.3, -0.25) is 4.79 Å². The maximum Gasteiger partial charge on any atom is 0.387 e. The highest BCUT2D eigenvalue weighted by Gasteiger charge is 2.25. The van der Waals surface area contributed by atoms with Gasteiger partial charge in [0.25, 0.3) is 0 Å². The topological polar surface area (TPSA) is 58.6 Å². The number of carbonyl (C=O) groups is 1. The summed E-state index contributed by atoms with van der Waals surface area (Å²) in [6, 6.07) is 4.04. The highest BCUT2D eigenvalue weighted by Crippen LogP contribution is 2.29. The molecule has 0 radical (unpaired) electrons. The van der Waals surface area contributed by atoms with Crippen molar-refractivity contribution in [3.8, 4) is 5.75 Å². The van der Waals surface area contributed by atoms with Crippen molar-refractivity contribution >= 4 is 33.7 Å². The van der Waals surface area contributed by atoms with Crippen LogP contribution in [0.4, 0.5) is 8.78 Å². The Bertz CT molecular complexity index is 541. The third-order valence-electron chi connectivity index (χ3n) is 3.71. The van der Waals surface area contributed by atoms with Crippen molar-refractivity contribution in [1.29, 1.82) is 0 Å². The van der Waals surface area contributed by atoms with Crippen molar-refractivity contribution in [2.75, 3.05) is 11.5 Å². The first-order valence-corrected chi connectivity index (χ1v) is 9.18. The Morgan fingerprint density at radius 3 is 2.91 bits per heavy atom. The molecule has 23 heavy (non-hydrogen) atoms. The van der Waals surface area contributed by atoms with Crippen LogP contribution in [0.3, 0.4) is 0 Å². The number of benzene rings is 1. The predicted octanol–water partition coefficient (Wildman–Crippen LogP) is 3.74. The zero-order valence-electron chi connectivity index (χ0n) is 12.3. The molecule has 128 valence electrons. The monoisotopic (exact) mass is 409 g/mol. The summed E-state index contributed by atoms with van der Waals surface area (Å²) in [6.45, 7) is -2.78. The molecule has 1 fully saturated rings. The molecular weight excluding hydrogens is 392 g/mol. The van der Waals surface area contributed by atoms with Crippen molar-refractivity contribution in [1.82, 2.24) is 5.32 Å². The van der Waals surface area contributed by atoms with Crippen molar-refractivity contribution in [2.45, 2.75) is 32.0 Å². The van der Waals surface area contributed by atoms with Crippen molar-refractivity contribution in [3.05, 3.63) is 28.2 Å². The molecule has 0 aliphatic carbocycles. The number of alkyl halides is 2. The van der Waals surface area contributed by atoms with Crippen LogP contribution in [-0.2, 0) is 11.3 Å². The van der Waals surface area contributed by atoms with Gasteiger partial charge in [-0.2, -0.15) is 20.5 Å². The zero-order valence-corrected chi connectivity index (χ0v) is 14.7. The standard InChI is InChI=1S/C15H18BrF2NO3S/c16-11-2-1-3-13(22-15(17)18)10(11)7-19-12(14(20)21)6-9-4-5-23-8-9/h1-3,9,12,15,19H,4-8H2,(H,20,21). The number of carboxylic acid groups (broad SMARTS) is 1.